The fourth-order valence-corrected chi connectivity index (χ4v) is 3.56. The Morgan fingerprint density at radius 1 is 0.773 bits per heavy atom. The van der Waals surface area contributed by atoms with Crippen molar-refractivity contribution in [2.75, 3.05) is 0 Å². The van der Waals surface area contributed by atoms with Gasteiger partial charge in [0.25, 0.3) is 0 Å². The number of aryl methyl sites for hydroxylation is 2. The van der Waals surface area contributed by atoms with Gasteiger partial charge < -0.3 is 0 Å². The van der Waals surface area contributed by atoms with Crippen molar-refractivity contribution >= 4 is 5.57 Å². The van der Waals surface area contributed by atoms with Gasteiger partial charge in [0.05, 0.1) is 0 Å². The second kappa shape index (κ2) is 5.96. The third kappa shape index (κ3) is 2.54. The van der Waals surface area contributed by atoms with Gasteiger partial charge in [-0.1, -0.05) is 60.2 Å². The summed E-state index contributed by atoms with van der Waals surface area (Å²) < 4.78 is 0. The highest BCUT2D eigenvalue weighted by atomic mass is 14.3. The van der Waals surface area contributed by atoms with Crippen molar-refractivity contribution in [2.24, 2.45) is 0 Å². The molecule has 0 amide bonds. The average Bonchev–Trinajstić information content (AvgIpc) is 2.52. The van der Waals surface area contributed by atoms with Crippen LogP contribution in [-0.4, -0.2) is 0 Å². The largest absolute Gasteiger partial charge is 0.0755 e. The van der Waals surface area contributed by atoms with Crippen LogP contribution in [-0.2, 0) is 0 Å². The van der Waals surface area contributed by atoms with Crippen molar-refractivity contribution in [3.05, 3.63) is 88.0 Å². The van der Waals surface area contributed by atoms with Crippen LogP contribution in [0.5, 0.6) is 0 Å². The van der Waals surface area contributed by atoms with Gasteiger partial charge in [0.2, 0.25) is 0 Å². The molecule has 1 unspecified atom stereocenters. The van der Waals surface area contributed by atoms with Crippen molar-refractivity contribution in [1.82, 2.24) is 0 Å². The Morgan fingerprint density at radius 3 is 2.09 bits per heavy atom. The van der Waals surface area contributed by atoms with Crippen LogP contribution in [0.2, 0.25) is 0 Å². The molecule has 2 aromatic carbocycles. The van der Waals surface area contributed by atoms with Crippen LogP contribution in [0.15, 0.2) is 65.8 Å². The molecular weight excluding hydrogens is 264 g/mol. The van der Waals surface area contributed by atoms with Crippen molar-refractivity contribution < 1.29 is 0 Å². The van der Waals surface area contributed by atoms with Crippen LogP contribution in [0.1, 0.15) is 48.4 Å². The zero-order valence-electron chi connectivity index (χ0n) is 14.0. The summed E-state index contributed by atoms with van der Waals surface area (Å²) in [6.07, 6.45) is 3.53. The van der Waals surface area contributed by atoms with E-state index in [2.05, 4.69) is 82.3 Å². The van der Waals surface area contributed by atoms with Crippen molar-refractivity contribution in [3.8, 4) is 0 Å². The van der Waals surface area contributed by atoms with Gasteiger partial charge in [-0.05, 0) is 67.5 Å². The molecule has 1 aliphatic rings. The van der Waals surface area contributed by atoms with Crippen molar-refractivity contribution in [2.45, 2.75) is 40.0 Å². The van der Waals surface area contributed by atoms with E-state index in [1.807, 2.05) is 0 Å². The molecule has 0 saturated carbocycles. The summed E-state index contributed by atoms with van der Waals surface area (Å²) in [6.45, 7) is 9.00. The predicted octanol–water partition coefficient (Wildman–Crippen LogP) is 6.21. The molecule has 0 nitrogen and oxygen atoms in total. The summed E-state index contributed by atoms with van der Waals surface area (Å²) in [4.78, 5) is 0. The highest BCUT2D eigenvalue weighted by Crippen LogP contribution is 2.41. The first-order valence-corrected chi connectivity index (χ1v) is 8.09. The summed E-state index contributed by atoms with van der Waals surface area (Å²) in [6, 6.07) is 17.5. The Balaban J connectivity index is 2.02. The Labute approximate surface area is 134 Å². The maximum Gasteiger partial charge on any atom is 0.00887 e. The quantitative estimate of drug-likeness (QED) is 0.616. The summed E-state index contributed by atoms with van der Waals surface area (Å²) in [5.74, 6) is 0.522. The lowest BCUT2D eigenvalue weighted by atomic mass is 9.77. The lowest BCUT2D eigenvalue weighted by Gasteiger charge is -2.27. The molecule has 2 aromatic rings. The van der Waals surface area contributed by atoms with Gasteiger partial charge in [-0.2, -0.15) is 0 Å². The normalized spacial score (nSPS) is 18.4. The van der Waals surface area contributed by atoms with Gasteiger partial charge in [0.1, 0.15) is 0 Å². The van der Waals surface area contributed by atoms with Gasteiger partial charge in [0.15, 0.2) is 0 Å². The fourth-order valence-electron chi connectivity index (χ4n) is 3.56. The van der Waals surface area contributed by atoms with E-state index in [1.165, 1.54) is 39.0 Å². The van der Waals surface area contributed by atoms with Crippen LogP contribution >= 0.6 is 0 Å². The molecule has 0 fully saturated rings. The molecule has 3 rings (SSSR count). The summed E-state index contributed by atoms with van der Waals surface area (Å²) in [7, 11) is 0. The second-order valence-electron chi connectivity index (χ2n) is 6.39. The molecule has 1 aliphatic carbocycles. The van der Waals surface area contributed by atoms with Gasteiger partial charge in [-0.3, -0.25) is 0 Å². The van der Waals surface area contributed by atoms with Crippen LogP contribution in [0.4, 0.5) is 0 Å². The first-order chi connectivity index (χ1) is 10.6. The van der Waals surface area contributed by atoms with E-state index < -0.39 is 0 Å². The Bertz CT molecular complexity index is 759. The molecule has 0 heterocycles. The van der Waals surface area contributed by atoms with E-state index in [-0.39, 0.29) is 0 Å². The third-order valence-corrected chi connectivity index (χ3v) is 5.07. The molecule has 112 valence electrons. The van der Waals surface area contributed by atoms with Crippen molar-refractivity contribution in [3.63, 3.8) is 0 Å². The molecule has 0 aliphatic heterocycles. The zero-order chi connectivity index (χ0) is 15.7. The van der Waals surface area contributed by atoms with Crippen LogP contribution in [0.25, 0.3) is 5.57 Å². The van der Waals surface area contributed by atoms with Gasteiger partial charge >= 0.3 is 0 Å². The number of rotatable bonds is 2. The summed E-state index contributed by atoms with van der Waals surface area (Å²) in [5, 5.41) is 0. The minimum Gasteiger partial charge on any atom is -0.0755 e. The first-order valence-electron chi connectivity index (χ1n) is 8.09. The molecule has 0 N–H and O–H groups in total. The Morgan fingerprint density at radius 2 is 1.41 bits per heavy atom. The van der Waals surface area contributed by atoms with Crippen LogP contribution in [0.3, 0.4) is 0 Å². The summed E-state index contributed by atoms with van der Waals surface area (Å²) in [5.41, 5.74) is 9.97. The number of hydrogen-bond donors (Lipinski definition) is 0. The number of benzene rings is 2. The SMILES string of the molecule is CC1=C(C)C(c2ccccc2C)CC=C1c1ccccc1C. The fraction of sp³-hybridized carbons (Fsp3) is 0.273. The number of allylic oxidation sites excluding steroid dienone is 4. The standard InChI is InChI=1S/C22H24/c1-15-9-5-7-11-19(15)21-13-14-22(18(4)17(21)3)20-12-8-6-10-16(20)2/h5-13,22H,14H2,1-4H3. The average molecular weight is 288 g/mol. The lowest BCUT2D eigenvalue weighted by molar-refractivity contribution is 0.782. The highest BCUT2D eigenvalue weighted by Gasteiger charge is 2.22. The van der Waals surface area contributed by atoms with Crippen molar-refractivity contribution in [1.29, 1.82) is 0 Å². The minimum atomic E-state index is 0.522. The minimum absolute atomic E-state index is 0.522. The molecule has 0 radical (unpaired) electrons. The molecule has 0 spiro atoms. The molecular formula is C22H24. The molecule has 1 atom stereocenters. The highest BCUT2D eigenvalue weighted by molar-refractivity contribution is 5.82. The Hall–Kier alpha value is -2.08. The van der Waals surface area contributed by atoms with Crippen LogP contribution in [0, 0.1) is 13.8 Å². The monoisotopic (exact) mass is 288 g/mol. The predicted molar refractivity (Wildman–Crippen MR) is 96.1 cm³/mol. The molecule has 0 bridgehead atoms. The van der Waals surface area contributed by atoms with E-state index in [0.717, 1.165) is 6.42 Å². The second-order valence-corrected chi connectivity index (χ2v) is 6.39. The molecule has 22 heavy (non-hydrogen) atoms. The lowest BCUT2D eigenvalue weighted by Crippen LogP contribution is -2.09. The topological polar surface area (TPSA) is 0 Å². The maximum absolute atomic E-state index is 2.43. The van der Waals surface area contributed by atoms with E-state index in [4.69, 9.17) is 0 Å². The van der Waals surface area contributed by atoms with Gasteiger partial charge in [0, 0.05) is 5.92 Å². The summed E-state index contributed by atoms with van der Waals surface area (Å²) >= 11 is 0. The third-order valence-electron chi connectivity index (χ3n) is 5.07. The Kier molecular flexibility index (Phi) is 4.02. The van der Waals surface area contributed by atoms with E-state index in [1.54, 1.807) is 0 Å². The van der Waals surface area contributed by atoms with E-state index in [9.17, 15) is 0 Å². The van der Waals surface area contributed by atoms with E-state index >= 15 is 0 Å². The van der Waals surface area contributed by atoms with Crippen LogP contribution < -0.4 is 0 Å². The zero-order valence-corrected chi connectivity index (χ0v) is 14.0. The molecule has 0 aromatic heterocycles. The van der Waals surface area contributed by atoms with Gasteiger partial charge in [-0.15, -0.1) is 0 Å². The number of hydrogen-bond acceptors (Lipinski definition) is 0. The van der Waals surface area contributed by atoms with Gasteiger partial charge in [-0.25, -0.2) is 0 Å². The maximum atomic E-state index is 2.43. The molecule has 0 heteroatoms. The van der Waals surface area contributed by atoms with E-state index in [0.29, 0.717) is 5.92 Å². The first kappa shape index (κ1) is 14.8. The smallest absolute Gasteiger partial charge is 0.00887 e. The molecule has 0 saturated heterocycles.